The van der Waals surface area contributed by atoms with Crippen LogP contribution in [0.4, 0.5) is 11.6 Å². The molecule has 0 bridgehead atoms. The Labute approximate surface area is 203 Å². The average molecular weight is 467 g/mol. The minimum atomic E-state index is -0.497. The lowest BCUT2D eigenvalue weighted by molar-refractivity contribution is 0.101. The van der Waals surface area contributed by atoms with Crippen LogP contribution in [0.5, 0.6) is 5.75 Å². The molecule has 0 radical (unpaired) electrons. The van der Waals surface area contributed by atoms with Gasteiger partial charge in [0.15, 0.2) is 5.69 Å². The van der Waals surface area contributed by atoms with Crippen molar-refractivity contribution in [3.05, 3.63) is 117 Å². The van der Waals surface area contributed by atoms with E-state index in [0.29, 0.717) is 18.2 Å². The summed E-state index contributed by atoms with van der Waals surface area (Å²) in [4.78, 5) is 33.4. The smallest absolute Gasteiger partial charge is 0.297 e. The predicted molar refractivity (Wildman–Crippen MR) is 136 cm³/mol. The summed E-state index contributed by atoms with van der Waals surface area (Å²) in [5, 5.41) is 2.88. The van der Waals surface area contributed by atoms with Crippen molar-refractivity contribution in [2.75, 3.05) is 17.3 Å². The molecule has 1 amide bonds. The van der Waals surface area contributed by atoms with E-state index in [0.717, 1.165) is 22.3 Å². The van der Waals surface area contributed by atoms with Crippen LogP contribution in [0.2, 0.25) is 0 Å². The van der Waals surface area contributed by atoms with Crippen LogP contribution in [0.3, 0.4) is 0 Å². The van der Waals surface area contributed by atoms with Crippen molar-refractivity contribution in [1.29, 1.82) is 0 Å². The molecule has 4 aromatic rings. The highest BCUT2D eigenvalue weighted by Crippen LogP contribution is 2.40. The first-order valence-corrected chi connectivity index (χ1v) is 11.4. The Morgan fingerprint density at radius 2 is 1.69 bits per heavy atom. The Bertz CT molecular complexity index is 1460. The molecule has 1 unspecified atom stereocenters. The van der Waals surface area contributed by atoms with Crippen LogP contribution >= 0.6 is 0 Å². The van der Waals surface area contributed by atoms with E-state index < -0.39 is 11.5 Å². The Kier molecular flexibility index (Phi) is 5.82. The Hall–Kier alpha value is -4.39. The summed E-state index contributed by atoms with van der Waals surface area (Å²) in [6, 6.07) is 25.6. The summed E-state index contributed by atoms with van der Waals surface area (Å²) in [5.41, 5.74) is 4.47. The average Bonchev–Trinajstić information content (AvgIpc) is 3.26. The second-order valence-electron chi connectivity index (χ2n) is 8.57. The number of nitrogens with zero attached hydrogens (tertiary/aromatic N) is 3. The molecule has 3 aromatic carbocycles. The fourth-order valence-corrected chi connectivity index (χ4v) is 4.63. The number of hydrogen-bond acceptors (Lipinski definition) is 5. The molecule has 0 aliphatic carbocycles. The lowest BCUT2D eigenvalue weighted by atomic mass is 9.98. The highest BCUT2D eigenvalue weighted by molar-refractivity contribution is 6.05. The molecule has 0 saturated carbocycles. The number of aryl methyl sites for hydroxylation is 1. The van der Waals surface area contributed by atoms with E-state index in [-0.39, 0.29) is 17.5 Å². The van der Waals surface area contributed by atoms with E-state index in [2.05, 4.69) is 34.5 Å². The summed E-state index contributed by atoms with van der Waals surface area (Å²) < 4.78 is 6.81. The summed E-state index contributed by atoms with van der Waals surface area (Å²) in [7, 11) is 3.03. The van der Waals surface area contributed by atoms with Gasteiger partial charge in [-0.15, -0.1) is 0 Å². The van der Waals surface area contributed by atoms with Crippen LogP contribution in [-0.4, -0.2) is 22.6 Å². The summed E-state index contributed by atoms with van der Waals surface area (Å²) in [5.74, 6) is -0.186. The number of fused-ring (bicyclic) bond motifs is 1. The molecular formula is C28H26N4O3. The number of methoxy groups -OCH3 is 1. The van der Waals surface area contributed by atoms with Crippen molar-refractivity contribution in [2.45, 2.75) is 19.5 Å². The van der Waals surface area contributed by atoms with E-state index in [1.165, 1.54) is 11.7 Å². The van der Waals surface area contributed by atoms with Crippen molar-refractivity contribution < 1.29 is 9.53 Å². The van der Waals surface area contributed by atoms with Crippen LogP contribution < -0.4 is 20.5 Å². The molecule has 1 atom stereocenters. The van der Waals surface area contributed by atoms with Crippen LogP contribution in [0.15, 0.2) is 83.7 Å². The van der Waals surface area contributed by atoms with Gasteiger partial charge >= 0.3 is 0 Å². The number of nitrogens with one attached hydrogen (secondary N) is 1. The van der Waals surface area contributed by atoms with E-state index in [1.54, 1.807) is 7.05 Å². The fourth-order valence-electron chi connectivity index (χ4n) is 4.63. The molecule has 0 fully saturated rings. The van der Waals surface area contributed by atoms with E-state index >= 15 is 0 Å². The van der Waals surface area contributed by atoms with Crippen LogP contribution in [0.1, 0.15) is 38.8 Å². The van der Waals surface area contributed by atoms with Crippen molar-refractivity contribution in [2.24, 2.45) is 7.05 Å². The Balaban J connectivity index is 1.63. The predicted octanol–water partition coefficient (Wildman–Crippen LogP) is 4.46. The highest BCUT2D eigenvalue weighted by atomic mass is 16.5. The SMILES string of the molecule is COc1c(C(=O)Nc2ccccc2C)nc(N2Cc3ccccc3C2c2ccccc2)n(C)c1=O. The molecule has 176 valence electrons. The van der Waals surface area contributed by atoms with Crippen LogP contribution in [0.25, 0.3) is 0 Å². The number of rotatable bonds is 5. The largest absolute Gasteiger partial charge is 0.489 e. The summed E-state index contributed by atoms with van der Waals surface area (Å²) >= 11 is 0. The Morgan fingerprint density at radius 3 is 2.43 bits per heavy atom. The van der Waals surface area contributed by atoms with Gasteiger partial charge in [-0.1, -0.05) is 72.8 Å². The molecular weight excluding hydrogens is 440 g/mol. The molecule has 1 aliphatic rings. The number of aromatic nitrogens is 2. The van der Waals surface area contributed by atoms with E-state index in [9.17, 15) is 9.59 Å². The molecule has 1 aliphatic heterocycles. The lowest BCUT2D eigenvalue weighted by Crippen LogP contribution is -2.34. The van der Waals surface area contributed by atoms with Gasteiger partial charge in [0.2, 0.25) is 11.7 Å². The second kappa shape index (κ2) is 9.10. The van der Waals surface area contributed by atoms with Gasteiger partial charge < -0.3 is 15.0 Å². The third-order valence-corrected chi connectivity index (χ3v) is 6.41. The van der Waals surface area contributed by atoms with E-state index in [1.807, 2.05) is 61.5 Å². The number of amides is 1. The van der Waals surface area contributed by atoms with Gasteiger partial charge in [0, 0.05) is 19.3 Å². The molecule has 0 spiro atoms. The molecule has 2 heterocycles. The summed E-state index contributed by atoms with van der Waals surface area (Å²) in [6.07, 6.45) is 0. The van der Waals surface area contributed by atoms with E-state index in [4.69, 9.17) is 9.72 Å². The topological polar surface area (TPSA) is 76.5 Å². The number of para-hydroxylation sites is 1. The molecule has 0 saturated heterocycles. The maximum atomic E-state index is 13.3. The van der Waals surface area contributed by atoms with Gasteiger partial charge in [-0.05, 0) is 35.2 Å². The number of carbonyl (C=O) groups is 1. The van der Waals surface area contributed by atoms with Gasteiger partial charge in [-0.25, -0.2) is 4.98 Å². The van der Waals surface area contributed by atoms with Crippen molar-refractivity contribution in [3.8, 4) is 5.75 Å². The van der Waals surface area contributed by atoms with Gasteiger partial charge in [0.25, 0.3) is 11.5 Å². The monoisotopic (exact) mass is 466 g/mol. The minimum absolute atomic E-state index is 0.0448. The highest BCUT2D eigenvalue weighted by Gasteiger charge is 2.35. The quantitative estimate of drug-likeness (QED) is 0.470. The van der Waals surface area contributed by atoms with Gasteiger partial charge in [0.05, 0.1) is 13.2 Å². The molecule has 1 N–H and O–H groups in total. The van der Waals surface area contributed by atoms with Crippen LogP contribution in [-0.2, 0) is 13.6 Å². The van der Waals surface area contributed by atoms with Gasteiger partial charge in [-0.3, -0.25) is 14.2 Å². The third kappa shape index (κ3) is 3.95. The van der Waals surface area contributed by atoms with Crippen LogP contribution in [0, 0.1) is 6.92 Å². The summed E-state index contributed by atoms with van der Waals surface area (Å²) in [6.45, 7) is 2.46. The molecule has 7 heteroatoms. The standard InChI is InChI=1S/C28H26N4O3/c1-18-11-7-10-16-22(18)29-26(33)23-25(35-3)27(34)31(2)28(30-23)32-17-20-14-8-9-15-21(20)24(32)19-12-5-4-6-13-19/h4-16,24H,17H2,1-3H3,(H,29,33). The molecule has 35 heavy (non-hydrogen) atoms. The number of anilines is 2. The lowest BCUT2D eigenvalue weighted by Gasteiger charge is -2.28. The maximum absolute atomic E-state index is 13.3. The second-order valence-corrected chi connectivity index (χ2v) is 8.57. The third-order valence-electron chi connectivity index (χ3n) is 6.41. The fraction of sp³-hybridized carbons (Fsp3) is 0.179. The number of carbonyl (C=O) groups excluding carboxylic acids is 1. The van der Waals surface area contributed by atoms with Crippen molar-refractivity contribution >= 4 is 17.5 Å². The Morgan fingerprint density at radius 1 is 1.00 bits per heavy atom. The number of hydrogen-bond donors (Lipinski definition) is 1. The molecule has 7 nitrogen and oxygen atoms in total. The first-order chi connectivity index (χ1) is 17.0. The van der Waals surface area contributed by atoms with Crippen molar-refractivity contribution in [1.82, 2.24) is 9.55 Å². The molecule has 5 rings (SSSR count). The zero-order valence-electron chi connectivity index (χ0n) is 19.9. The first-order valence-electron chi connectivity index (χ1n) is 11.4. The number of ether oxygens (including phenoxy) is 1. The first kappa shape index (κ1) is 22.4. The maximum Gasteiger partial charge on any atom is 0.297 e. The van der Waals surface area contributed by atoms with Gasteiger partial charge in [-0.2, -0.15) is 0 Å². The number of benzene rings is 3. The molecule has 1 aromatic heterocycles. The van der Waals surface area contributed by atoms with Gasteiger partial charge in [0.1, 0.15) is 0 Å². The normalized spacial score (nSPS) is 14.5. The minimum Gasteiger partial charge on any atom is -0.489 e. The zero-order chi connectivity index (χ0) is 24.5. The van der Waals surface area contributed by atoms with Crippen molar-refractivity contribution in [3.63, 3.8) is 0 Å². The zero-order valence-corrected chi connectivity index (χ0v) is 19.9.